The van der Waals surface area contributed by atoms with E-state index in [1.807, 2.05) is 42.5 Å². The van der Waals surface area contributed by atoms with Crippen LogP contribution in [0, 0.1) is 17.2 Å². The lowest BCUT2D eigenvalue weighted by Gasteiger charge is -2.10. The van der Waals surface area contributed by atoms with Gasteiger partial charge in [0.05, 0.1) is 19.7 Å². The number of nitriles is 1. The lowest BCUT2D eigenvalue weighted by Crippen LogP contribution is -2.16. The summed E-state index contributed by atoms with van der Waals surface area (Å²) in [6, 6.07) is 19.8. The third-order valence-electron chi connectivity index (χ3n) is 4.29. The van der Waals surface area contributed by atoms with Gasteiger partial charge >= 0.3 is 5.97 Å². The predicted octanol–water partition coefficient (Wildman–Crippen LogP) is 3.58. The van der Waals surface area contributed by atoms with E-state index in [4.69, 9.17) is 10.00 Å². The summed E-state index contributed by atoms with van der Waals surface area (Å²) in [5.41, 5.74) is 2.09. The number of aromatic nitrogens is 1. The first-order valence-corrected chi connectivity index (χ1v) is 8.44. The number of esters is 1. The van der Waals surface area contributed by atoms with E-state index >= 15 is 0 Å². The van der Waals surface area contributed by atoms with Crippen LogP contribution in [0.2, 0.25) is 0 Å². The molecule has 2 aromatic carbocycles. The van der Waals surface area contributed by atoms with Gasteiger partial charge in [-0.05, 0) is 41.6 Å². The van der Waals surface area contributed by atoms with Gasteiger partial charge in [0.1, 0.15) is 18.3 Å². The average molecular weight is 348 g/mol. The van der Waals surface area contributed by atoms with Crippen molar-refractivity contribution >= 4 is 16.9 Å². The Morgan fingerprint density at radius 2 is 1.92 bits per heavy atom. The summed E-state index contributed by atoms with van der Waals surface area (Å²) >= 11 is 0. The first-order chi connectivity index (χ1) is 12.7. The van der Waals surface area contributed by atoms with E-state index in [2.05, 4.69) is 33.7 Å². The second kappa shape index (κ2) is 8.21. The first kappa shape index (κ1) is 17.6. The molecule has 1 aromatic heterocycles. The number of methoxy groups -OCH3 is 1. The fraction of sp³-hybridized carbons (Fsp3) is 0.238. The maximum Gasteiger partial charge on any atom is 0.323 e. The van der Waals surface area contributed by atoms with Crippen molar-refractivity contribution in [2.75, 3.05) is 13.7 Å². The van der Waals surface area contributed by atoms with Crippen molar-refractivity contribution in [3.63, 3.8) is 0 Å². The van der Waals surface area contributed by atoms with Gasteiger partial charge in [-0.1, -0.05) is 30.3 Å². The van der Waals surface area contributed by atoms with E-state index in [1.165, 1.54) is 18.0 Å². The molecule has 0 aliphatic rings. The number of benzene rings is 2. The summed E-state index contributed by atoms with van der Waals surface area (Å²) in [6.45, 7) is 1.31. The quantitative estimate of drug-likeness (QED) is 0.612. The maximum absolute atomic E-state index is 11.5. The van der Waals surface area contributed by atoms with Crippen LogP contribution < -0.4 is 4.74 Å². The van der Waals surface area contributed by atoms with Gasteiger partial charge in [0, 0.05) is 11.7 Å². The van der Waals surface area contributed by atoms with Gasteiger partial charge < -0.3 is 14.0 Å². The molecule has 1 heterocycles. The van der Waals surface area contributed by atoms with Crippen molar-refractivity contribution in [1.82, 2.24) is 4.57 Å². The number of nitrogens with zero attached hydrogens (tertiary/aromatic N) is 2. The lowest BCUT2D eigenvalue weighted by molar-refractivity contribution is -0.143. The number of para-hydroxylation sites is 1. The highest BCUT2D eigenvalue weighted by molar-refractivity contribution is 5.79. The topological polar surface area (TPSA) is 64.2 Å². The number of carbonyl (C=O) groups is 1. The van der Waals surface area contributed by atoms with Crippen LogP contribution in [0.25, 0.3) is 10.9 Å². The van der Waals surface area contributed by atoms with Crippen LogP contribution in [0.4, 0.5) is 0 Å². The van der Waals surface area contributed by atoms with E-state index in [0.29, 0.717) is 13.0 Å². The van der Waals surface area contributed by atoms with Gasteiger partial charge in [-0.25, -0.2) is 0 Å². The molecule has 0 spiro atoms. The van der Waals surface area contributed by atoms with E-state index in [1.54, 1.807) is 0 Å². The highest BCUT2D eigenvalue weighted by atomic mass is 16.5. The minimum absolute atomic E-state index is 0.332. The molecule has 26 heavy (non-hydrogen) atoms. The van der Waals surface area contributed by atoms with Crippen LogP contribution in [0.3, 0.4) is 0 Å². The summed E-state index contributed by atoms with van der Waals surface area (Å²) in [6.07, 6.45) is 2.39. The highest BCUT2D eigenvalue weighted by Gasteiger charge is 2.18. The molecule has 132 valence electrons. The Hall–Kier alpha value is -3.26. The Kier molecular flexibility index (Phi) is 5.55. The zero-order valence-corrected chi connectivity index (χ0v) is 14.6. The second-order valence-corrected chi connectivity index (χ2v) is 5.97. The zero-order chi connectivity index (χ0) is 18.4. The summed E-state index contributed by atoms with van der Waals surface area (Å²) < 4.78 is 12.6. The number of rotatable bonds is 7. The van der Waals surface area contributed by atoms with E-state index < -0.39 is 11.9 Å². The van der Waals surface area contributed by atoms with Crippen molar-refractivity contribution in [3.05, 3.63) is 66.4 Å². The minimum atomic E-state index is -0.784. The fourth-order valence-corrected chi connectivity index (χ4v) is 2.88. The molecule has 1 atom stereocenters. The smallest absolute Gasteiger partial charge is 0.323 e. The highest BCUT2D eigenvalue weighted by Crippen LogP contribution is 2.17. The van der Waals surface area contributed by atoms with Crippen LogP contribution >= 0.6 is 0 Å². The minimum Gasteiger partial charge on any atom is -0.492 e. The molecule has 0 aliphatic carbocycles. The van der Waals surface area contributed by atoms with Crippen molar-refractivity contribution in [2.45, 2.75) is 13.0 Å². The molecule has 0 bridgehead atoms. The largest absolute Gasteiger partial charge is 0.492 e. The number of carbonyl (C=O) groups excluding carboxylic acids is 1. The standard InChI is InChI=1S/C21H20N2O3/c1-25-21(24)18(15-22)14-16-6-8-19(9-7-16)26-13-12-23-11-10-17-4-2-3-5-20(17)23/h2-11,18H,12-14H2,1H3. The van der Waals surface area contributed by atoms with Crippen molar-refractivity contribution in [3.8, 4) is 11.8 Å². The molecule has 5 nitrogen and oxygen atoms in total. The SMILES string of the molecule is COC(=O)C(C#N)Cc1ccc(OCCn2ccc3ccccc32)cc1. The molecule has 0 saturated carbocycles. The first-order valence-electron chi connectivity index (χ1n) is 8.44. The number of fused-ring (bicyclic) bond motifs is 1. The maximum atomic E-state index is 11.5. The van der Waals surface area contributed by atoms with Gasteiger partial charge in [0.25, 0.3) is 0 Å². The molecule has 0 fully saturated rings. The molecular weight excluding hydrogens is 328 g/mol. The molecular formula is C21H20N2O3. The summed E-state index contributed by atoms with van der Waals surface area (Å²) in [4.78, 5) is 11.5. The fourth-order valence-electron chi connectivity index (χ4n) is 2.88. The van der Waals surface area contributed by atoms with E-state index in [-0.39, 0.29) is 0 Å². The number of hydrogen-bond donors (Lipinski definition) is 0. The Bertz CT molecular complexity index is 922. The molecule has 0 N–H and O–H groups in total. The Morgan fingerprint density at radius 1 is 1.15 bits per heavy atom. The summed E-state index contributed by atoms with van der Waals surface area (Å²) in [5, 5.41) is 10.3. The van der Waals surface area contributed by atoms with Gasteiger partial charge in [-0.15, -0.1) is 0 Å². The molecule has 5 heteroatoms. The Balaban J connectivity index is 1.55. The van der Waals surface area contributed by atoms with Gasteiger partial charge in [0.2, 0.25) is 0 Å². The van der Waals surface area contributed by atoms with Crippen LogP contribution in [0.1, 0.15) is 5.56 Å². The normalized spacial score (nSPS) is 11.7. The Labute approximate surface area is 152 Å². The lowest BCUT2D eigenvalue weighted by atomic mass is 10.0. The second-order valence-electron chi connectivity index (χ2n) is 5.97. The van der Waals surface area contributed by atoms with Crippen LogP contribution in [0.5, 0.6) is 5.75 Å². The zero-order valence-electron chi connectivity index (χ0n) is 14.6. The van der Waals surface area contributed by atoms with E-state index in [0.717, 1.165) is 17.9 Å². The molecule has 0 amide bonds. The van der Waals surface area contributed by atoms with Crippen LogP contribution in [-0.4, -0.2) is 24.3 Å². The average Bonchev–Trinajstić information content (AvgIpc) is 3.10. The van der Waals surface area contributed by atoms with Crippen LogP contribution in [-0.2, 0) is 22.5 Å². The van der Waals surface area contributed by atoms with Crippen molar-refractivity contribution < 1.29 is 14.3 Å². The van der Waals surface area contributed by atoms with Crippen molar-refractivity contribution in [1.29, 1.82) is 5.26 Å². The molecule has 1 unspecified atom stereocenters. The molecule has 0 radical (unpaired) electrons. The van der Waals surface area contributed by atoms with Crippen LogP contribution in [0.15, 0.2) is 60.8 Å². The molecule has 3 aromatic rings. The third kappa shape index (κ3) is 4.04. The van der Waals surface area contributed by atoms with E-state index in [9.17, 15) is 4.79 Å². The number of hydrogen-bond acceptors (Lipinski definition) is 4. The molecule has 3 rings (SSSR count). The van der Waals surface area contributed by atoms with Gasteiger partial charge in [-0.2, -0.15) is 5.26 Å². The molecule has 0 aliphatic heterocycles. The third-order valence-corrected chi connectivity index (χ3v) is 4.29. The number of ether oxygens (including phenoxy) is 2. The summed E-state index contributed by atoms with van der Waals surface area (Å²) in [7, 11) is 1.29. The summed E-state index contributed by atoms with van der Waals surface area (Å²) in [5.74, 6) is -0.530. The van der Waals surface area contributed by atoms with Gasteiger partial charge in [-0.3, -0.25) is 4.79 Å². The Morgan fingerprint density at radius 3 is 2.65 bits per heavy atom. The van der Waals surface area contributed by atoms with Crippen molar-refractivity contribution in [2.24, 2.45) is 5.92 Å². The monoisotopic (exact) mass is 348 g/mol. The molecule has 0 saturated heterocycles. The van der Waals surface area contributed by atoms with Gasteiger partial charge in [0.15, 0.2) is 0 Å². The predicted molar refractivity (Wildman–Crippen MR) is 98.7 cm³/mol.